The van der Waals surface area contributed by atoms with Crippen molar-refractivity contribution in [3.63, 3.8) is 0 Å². The molecule has 0 aromatic heterocycles. The molecule has 1 fully saturated rings. The van der Waals surface area contributed by atoms with Crippen LogP contribution >= 0.6 is 15.9 Å². The molecule has 3 heteroatoms. The Hall–Kier alpha value is -0.830. The molecule has 1 saturated carbocycles. The van der Waals surface area contributed by atoms with E-state index in [9.17, 15) is 4.79 Å². The average Bonchev–Trinajstić information content (AvgIpc) is 2.71. The maximum Gasteiger partial charge on any atom is 0.226 e. The first-order valence-electron chi connectivity index (χ1n) is 6.90. The Bertz CT molecular complexity index is 470. The van der Waals surface area contributed by atoms with Crippen LogP contribution in [0.5, 0.6) is 0 Å². The predicted molar refractivity (Wildman–Crippen MR) is 81.7 cm³/mol. The fraction of sp³-hybridized carbons (Fsp3) is 0.562. The number of nitrogens with zero attached hydrogens (tertiary/aromatic N) is 1. The summed E-state index contributed by atoms with van der Waals surface area (Å²) in [5.41, 5.74) is 1.31. The second-order valence-corrected chi connectivity index (χ2v) is 7.07. The third-order valence-corrected chi connectivity index (χ3v) is 5.07. The smallest absolute Gasteiger partial charge is 0.226 e. The Kier molecular flexibility index (Phi) is 4.34. The van der Waals surface area contributed by atoms with E-state index in [0.717, 1.165) is 22.9 Å². The van der Waals surface area contributed by atoms with Gasteiger partial charge in [0.2, 0.25) is 5.91 Å². The number of carbonyl (C=O) groups is 1. The van der Waals surface area contributed by atoms with Crippen molar-refractivity contribution in [3.05, 3.63) is 34.3 Å². The van der Waals surface area contributed by atoms with E-state index in [0.29, 0.717) is 12.5 Å². The quantitative estimate of drug-likeness (QED) is 0.815. The van der Waals surface area contributed by atoms with Gasteiger partial charge >= 0.3 is 0 Å². The zero-order chi connectivity index (χ0) is 14.0. The summed E-state index contributed by atoms with van der Waals surface area (Å²) in [5, 5.41) is 0. The minimum absolute atomic E-state index is 0.152. The van der Waals surface area contributed by atoms with Crippen molar-refractivity contribution in [1.29, 1.82) is 0 Å². The molecule has 0 heterocycles. The lowest BCUT2D eigenvalue weighted by molar-refractivity contribution is -0.137. The molecule has 1 aromatic rings. The minimum atomic E-state index is 0.152. The van der Waals surface area contributed by atoms with Crippen LogP contribution in [0.25, 0.3) is 0 Å². The first-order valence-corrected chi connectivity index (χ1v) is 7.69. The first-order chi connectivity index (χ1) is 8.92. The fourth-order valence-corrected chi connectivity index (χ4v) is 3.42. The summed E-state index contributed by atoms with van der Waals surface area (Å²) < 4.78 is 1.07. The molecule has 1 unspecified atom stereocenters. The van der Waals surface area contributed by atoms with Gasteiger partial charge in [-0.3, -0.25) is 4.79 Å². The molecule has 2 rings (SSSR count). The Morgan fingerprint density at radius 3 is 2.68 bits per heavy atom. The van der Waals surface area contributed by atoms with Gasteiger partial charge in [-0.05, 0) is 29.9 Å². The van der Waals surface area contributed by atoms with E-state index in [1.807, 2.05) is 30.1 Å². The third-order valence-electron chi connectivity index (χ3n) is 4.30. The number of hydrogen-bond donors (Lipinski definition) is 0. The maximum atomic E-state index is 12.6. The molecule has 104 valence electrons. The van der Waals surface area contributed by atoms with Crippen molar-refractivity contribution < 1.29 is 4.79 Å². The highest BCUT2D eigenvalue weighted by Crippen LogP contribution is 2.43. The molecule has 0 bridgehead atoms. The summed E-state index contributed by atoms with van der Waals surface area (Å²) in [6.07, 6.45) is 3.37. The first kappa shape index (κ1) is 14.6. The van der Waals surface area contributed by atoms with Crippen LogP contribution in [0, 0.1) is 11.3 Å². The lowest BCUT2D eigenvalue weighted by Gasteiger charge is -2.30. The molecule has 0 spiro atoms. The van der Waals surface area contributed by atoms with Crippen molar-refractivity contribution in [3.8, 4) is 0 Å². The Morgan fingerprint density at radius 2 is 2.11 bits per heavy atom. The lowest BCUT2D eigenvalue weighted by Crippen LogP contribution is -2.37. The molecule has 1 aromatic carbocycles. The van der Waals surface area contributed by atoms with E-state index in [1.165, 1.54) is 6.42 Å². The average molecular weight is 324 g/mol. The van der Waals surface area contributed by atoms with Crippen molar-refractivity contribution in [2.24, 2.45) is 11.3 Å². The largest absolute Gasteiger partial charge is 0.341 e. The molecule has 19 heavy (non-hydrogen) atoms. The summed E-state index contributed by atoms with van der Waals surface area (Å²) >= 11 is 3.54. The molecule has 0 aliphatic heterocycles. The summed E-state index contributed by atoms with van der Waals surface area (Å²) in [5.74, 6) is 0.471. The normalized spacial score (nSPS) is 21.4. The highest BCUT2D eigenvalue weighted by atomic mass is 79.9. The van der Waals surface area contributed by atoms with Gasteiger partial charge in [0.05, 0.1) is 0 Å². The summed E-state index contributed by atoms with van der Waals surface area (Å²) in [6.45, 7) is 5.11. The number of carbonyl (C=O) groups excluding carboxylic acids is 1. The fourth-order valence-electron chi connectivity index (χ4n) is 3.01. The summed E-state index contributed by atoms with van der Waals surface area (Å²) in [7, 11) is 1.91. The second kappa shape index (κ2) is 5.66. The molecule has 1 aliphatic carbocycles. The number of hydrogen-bond acceptors (Lipinski definition) is 1. The summed E-state index contributed by atoms with van der Waals surface area (Å²) in [4.78, 5) is 14.5. The van der Waals surface area contributed by atoms with Gasteiger partial charge in [-0.15, -0.1) is 0 Å². The second-order valence-electron chi connectivity index (χ2n) is 6.22. The molecule has 0 radical (unpaired) electrons. The van der Waals surface area contributed by atoms with Crippen molar-refractivity contribution in [2.75, 3.05) is 7.05 Å². The standard InChI is InChI=1S/C16H22BrNO/c1-16(2)10-6-8-13(16)15(19)18(3)11-12-7-4-5-9-14(12)17/h4-5,7,9,13H,6,8,10-11H2,1-3H3. The van der Waals surface area contributed by atoms with Crippen molar-refractivity contribution in [1.82, 2.24) is 4.90 Å². The lowest BCUT2D eigenvalue weighted by atomic mass is 9.81. The zero-order valence-electron chi connectivity index (χ0n) is 11.9. The third kappa shape index (κ3) is 3.19. The highest BCUT2D eigenvalue weighted by molar-refractivity contribution is 9.10. The number of rotatable bonds is 3. The van der Waals surface area contributed by atoms with Crippen LogP contribution in [0.4, 0.5) is 0 Å². The predicted octanol–water partition coefficient (Wildman–Crippen LogP) is 4.23. The monoisotopic (exact) mass is 323 g/mol. The van der Waals surface area contributed by atoms with Gasteiger partial charge in [0, 0.05) is 24.0 Å². The topological polar surface area (TPSA) is 20.3 Å². The molecule has 1 atom stereocenters. The molecule has 0 N–H and O–H groups in total. The van der Waals surface area contributed by atoms with Crippen LogP contribution < -0.4 is 0 Å². The van der Waals surface area contributed by atoms with Gasteiger partial charge < -0.3 is 4.90 Å². The van der Waals surface area contributed by atoms with Crippen molar-refractivity contribution >= 4 is 21.8 Å². The SMILES string of the molecule is CN(Cc1ccccc1Br)C(=O)C1CCCC1(C)C. The van der Waals surface area contributed by atoms with Crippen LogP contribution in [0.15, 0.2) is 28.7 Å². The van der Waals surface area contributed by atoms with E-state index in [4.69, 9.17) is 0 Å². The Morgan fingerprint density at radius 1 is 1.42 bits per heavy atom. The van der Waals surface area contributed by atoms with Gasteiger partial charge in [0.1, 0.15) is 0 Å². The van der Waals surface area contributed by atoms with Gasteiger partial charge in [0.25, 0.3) is 0 Å². The number of halogens is 1. The number of benzene rings is 1. The number of amides is 1. The van der Waals surface area contributed by atoms with Gasteiger partial charge in [-0.2, -0.15) is 0 Å². The molecule has 1 amide bonds. The van der Waals surface area contributed by atoms with Crippen LogP contribution in [0.2, 0.25) is 0 Å². The molecule has 1 aliphatic rings. The van der Waals surface area contributed by atoms with E-state index in [2.05, 4.69) is 35.8 Å². The van der Waals surface area contributed by atoms with E-state index < -0.39 is 0 Å². The zero-order valence-corrected chi connectivity index (χ0v) is 13.5. The van der Waals surface area contributed by atoms with E-state index >= 15 is 0 Å². The minimum Gasteiger partial charge on any atom is -0.341 e. The van der Waals surface area contributed by atoms with E-state index in [-0.39, 0.29) is 11.3 Å². The molecule has 2 nitrogen and oxygen atoms in total. The Labute approximate surface area is 124 Å². The van der Waals surface area contributed by atoms with Crippen molar-refractivity contribution in [2.45, 2.75) is 39.7 Å². The van der Waals surface area contributed by atoms with Crippen LogP contribution in [-0.2, 0) is 11.3 Å². The summed E-state index contributed by atoms with van der Waals surface area (Å²) in [6, 6.07) is 8.09. The maximum absolute atomic E-state index is 12.6. The molecular formula is C16H22BrNO. The van der Waals surface area contributed by atoms with E-state index in [1.54, 1.807) is 0 Å². The Balaban J connectivity index is 2.06. The van der Waals surface area contributed by atoms with Crippen LogP contribution in [0.1, 0.15) is 38.7 Å². The van der Waals surface area contributed by atoms with Gasteiger partial charge in [-0.25, -0.2) is 0 Å². The van der Waals surface area contributed by atoms with Crippen LogP contribution in [-0.4, -0.2) is 17.9 Å². The van der Waals surface area contributed by atoms with Gasteiger partial charge in [-0.1, -0.05) is 54.4 Å². The van der Waals surface area contributed by atoms with Crippen LogP contribution in [0.3, 0.4) is 0 Å². The molecule has 0 saturated heterocycles. The molecular weight excluding hydrogens is 302 g/mol. The highest BCUT2D eigenvalue weighted by Gasteiger charge is 2.40. The van der Waals surface area contributed by atoms with Gasteiger partial charge in [0.15, 0.2) is 0 Å².